The summed E-state index contributed by atoms with van der Waals surface area (Å²) in [5.74, 6) is -3.87. The fourth-order valence-corrected chi connectivity index (χ4v) is 3.72. The van der Waals surface area contributed by atoms with E-state index in [9.17, 15) is 31.2 Å². The van der Waals surface area contributed by atoms with E-state index in [1.807, 2.05) is 13.8 Å². The highest BCUT2D eigenvalue weighted by molar-refractivity contribution is 7.85. The molecule has 1 saturated carbocycles. The van der Waals surface area contributed by atoms with Gasteiger partial charge in [-0.05, 0) is 49.8 Å². The lowest BCUT2D eigenvalue weighted by atomic mass is 9.88. The molecule has 1 aromatic carbocycles. The average Bonchev–Trinajstić information content (AvgIpc) is 3.15. The molecule has 0 unspecified atom stereocenters. The van der Waals surface area contributed by atoms with E-state index in [0.717, 1.165) is 31.0 Å². The Balaban J connectivity index is 2.14. The summed E-state index contributed by atoms with van der Waals surface area (Å²) in [4.78, 5) is 23.8. The fourth-order valence-electron chi connectivity index (χ4n) is 3.42. The van der Waals surface area contributed by atoms with Crippen molar-refractivity contribution in [3.8, 4) is 11.5 Å². The molecule has 0 aliphatic heterocycles. The van der Waals surface area contributed by atoms with Crippen LogP contribution in [-0.2, 0) is 24.4 Å². The van der Waals surface area contributed by atoms with Crippen LogP contribution in [0.25, 0.3) is 0 Å². The maximum Gasteiger partial charge on any atom is 0.573 e. The van der Waals surface area contributed by atoms with E-state index in [1.165, 1.54) is 0 Å². The second-order valence-corrected chi connectivity index (χ2v) is 9.39. The minimum Gasteiger partial charge on any atom is -0.483 e. The molecule has 186 valence electrons. The number of halogens is 3. The minimum atomic E-state index is -4.98. The Morgan fingerprint density at radius 1 is 1.12 bits per heavy atom. The van der Waals surface area contributed by atoms with E-state index in [0.29, 0.717) is 12.8 Å². The minimum absolute atomic E-state index is 0.0214. The van der Waals surface area contributed by atoms with Gasteiger partial charge in [-0.2, -0.15) is 8.42 Å². The van der Waals surface area contributed by atoms with Crippen LogP contribution in [0.5, 0.6) is 11.5 Å². The maximum absolute atomic E-state index is 12.9. The number of carbonyl (C=O) groups excluding carboxylic acids is 2. The van der Waals surface area contributed by atoms with E-state index in [1.54, 1.807) is 0 Å². The number of alkyl halides is 3. The molecule has 1 aliphatic rings. The zero-order chi connectivity index (χ0) is 24.9. The van der Waals surface area contributed by atoms with Crippen LogP contribution in [0.2, 0.25) is 0 Å². The first-order chi connectivity index (χ1) is 15.2. The summed E-state index contributed by atoms with van der Waals surface area (Å²) in [6.45, 7) is 2.26. The Kier molecular flexibility index (Phi) is 8.57. The van der Waals surface area contributed by atoms with Crippen molar-refractivity contribution in [3.63, 3.8) is 0 Å². The first-order valence-electron chi connectivity index (χ1n) is 10.1. The zero-order valence-electron chi connectivity index (χ0n) is 18.0. The van der Waals surface area contributed by atoms with Gasteiger partial charge < -0.3 is 18.9 Å². The second-order valence-electron chi connectivity index (χ2n) is 7.82. The fraction of sp³-hybridized carbons (Fsp3) is 0.600. The molecule has 13 heteroatoms. The van der Waals surface area contributed by atoms with Crippen LogP contribution in [0, 0.1) is 5.92 Å². The van der Waals surface area contributed by atoms with Crippen molar-refractivity contribution >= 4 is 22.1 Å². The standard InChI is InChI=1S/C20H25F3O9S/c1-13(2)19(7-3-4-8-19)31-16-11-14(5-6-15(16)32-20(21,22)23)18(25)30-12-17(24)29-9-10-33(26,27)28/h5-6,11,13H,3-4,7-10,12H2,1-2H3,(H,26,27,28). The van der Waals surface area contributed by atoms with Crippen LogP contribution in [0.4, 0.5) is 13.2 Å². The lowest BCUT2D eigenvalue weighted by molar-refractivity contribution is -0.275. The predicted molar refractivity (Wildman–Crippen MR) is 107 cm³/mol. The monoisotopic (exact) mass is 498 g/mol. The summed E-state index contributed by atoms with van der Waals surface area (Å²) in [5, 5.41) is 0. The van der Waals surface area contributed by atoms with Crippen LogP contribution < -0.4 is 9.47 Å². The van der Waals surface area contributed by atoms with E-state index in [-0.39, 0.29) is 17.2 Å². The average molecular weight is 498 g/mol. The highest BCUT2D eigenvalue weighted by Gasteiger charge is 2.41. The van der Waals surface area contributed by atoms with E-state index in [4.69, 9.17) is 14.0 Å². The molecule has 1 N–H and O–H groups in total. The summed E-state index contributed by atoms with van der Waals surface area (Å²) in [6, 6.07) is 3.00. The Morgan fingerprint density at radius 2 is 1.76 bits per heavy atom. The van der Waals surface area contributed by atoms with Crippen molar-refractivity contribution in [2.24, 2.45) is 5.92 Å². The molecule has 1 aliphatic carbocycles. The molecule has 0 aromatic heterocycles. The molecule has 1 aromatic rings. The molecule has 0 heterocycles. The second kappa shape index (κ2) is 10.6. The van der Waals surface area contributed by atoms with Gasteiger partial charge in [-0.25, -0.2) is 9.59 Å². The Bertz CT molecular complexity index is 952. The zero-order valence-corrected chi connectivity index (χ0v) is 18.8. The van der Waals surface area contributed by atoms with Gasteiger partial charge in [0, 0.05) is 0 Å². The largest absolute Gasteiger partial charge is 0.573 e. The first-order valence-corrected chi connectivity index (χ1v) is 11.7. The molecule has 9 nitrogen and oxygen atoms in total. The van der Waals surface area contributed by atoms with Gasteiger partial charge in [-0.3, -0.25) is 4.55 Å². The number of hydrogen-bond acceptors (Lipinski definition) is 8. The number of benzene rings is 1. The van der Waals surface area contributed by atoms with Crippen LogP contribution in [0.1, 0.15) is 49.9 Å². The van der Waals surface area contributed by atoms with Crippen LogP contribution in [0.15, 0.2) is 18.2 Å². The summed E-state index contributed by atoms with van der Waals surface area (Å²) < 4.78 is 87.6. The van der Waals surface area contributed by atoms with Gasteiger partial charge in [0.25, 0.3) is 10.1 Å². The van der Waals surface area contributed by atoms with E-state index < -0.39 is 58.7 Å². The number of ether oxygens (including phenoxy) is 4. The quantitative estimate of drug-likeness (QED) is 0.381. The van der Waals surface area contributed by atoms with Gasteiger partial charge >= 0.3 is 18.3 Å². The Labute approximate surface area is 188 Å². The normalized spacial score (nSPS) is 15.8. The molecule has 0 amide bonds. The number of hydrogen-bond donors (Lipinski definition) is 1. The number of carbonyl (C=O) groups is 2. The summed E-state index contributed by atoms with van der Waals surface area (Å²) in [6.07, 6.45) is -2.04. The van der Waals surface area contributed by atoms with Crippen molar-refractivity contribution in [2.45, 2.75) is 51.5 Å². The van der Waals surface area contributed by atoms with Crippen molar-refractivity contribution < 1.29 is 54.7 Å². The van der Waals surface area contributed by atoms with Gasteiger partial charge in [0.05, 0.1) is 5.56 Å². The van der Waals surface area contributed by atoms with Crippen molar-refractivity contribution in [3.05, 3.63) is 23.8 Å². The van der Waals surface area contributed by atoms with Crippen molar-refractivity contribution in [1.82, 2.24) is 0 Å². The SMILES string of the molecule is CC(C)C1(Oc2cc(C(=O)OCC(=O)OCCS(=O)(=O)O)ccc2OC(F)(F)F)CCCC1. The van der Waals surface area contributed by atoms with Crippen molar-refractivity contribution in [2.75, 3.05) is 19.0 Å². The first kappa shape index (κ1) is 26.7. The molecular formula is C20H25F3O9S. The van der Waals surface area contributed by atoms with Crippen LogP contribution in [0.3, 0.4) is 0 Å². The number of rotatable bonds is 10. The van der Waals surface area contributed by atoms with Crippen molar-refractivity contribution in [1.29, 1.82) is 0 Å². The number of esters is 2. The Hall–Kier alpha value is -2.54. The van der Waals surface area contributed by atoms with Gasteiger partial charge in [-0.15, -0.1) is 13.2 Å². The van der Waals surface area contributed by atoms with Gasteiger partial charge in [-0.1, -0.05) is 13.8 Å². The van der Waals surface area contributed by atoms with Gasteiger partial charge in [0.2, 0.25) is 0 Å². The van der Waals surface area contributed by atoms with E-state index in [2.05, 4.69) is 9.47 Å². The smallest absolute Gasteiger partial charge is 0.483 e. The third-order valence-corrected chi connectivity index (χ3v) is 5.83. The molecule has 0 radical (unpaired) electrons. The highest BCUT2D eigenvalue weighted by Crippen LogP contribution is 2.43. The van der Waals surface area contributed by atoms with Crippen LogP contribution >= 0.6 is 0 Å². The van der Waals surface area contributed by atoms with Crippen LogP contribution in [-0.4, -0.2) is 55.8 Å². The summed E-state index contributed by atoms with van der Waals surface area (Å²) in [7, 11) is -4.33. The summed E-state index contributed by atoms with van der Waals surface area (Å²) >= 11 is 0. The van der Waals surface area contributed by atoms with Gasteiger partial charge in [0.15, 0.2) is 18.1 Å². The molecule has 1 fully saturated rings. The lowest BCUT2D eigenvalue weighted by Crippen LogP contribution is -2.38. The van der Waals surface area contributed by atoms with Gasteiger partial charge in [0.1, 0.15) is 18.0 Å². The third-order valence-electron chi connectivity index (χ3n) is 5.15. The predicted octanol–water partition coefficient (Wildman–Crippen LogP) is 3.52. The molecule has 2 rings (SSSR count). The maximum atomic E-state index is 12.9. The molecule has 0 spiro atoms. The molecular weight excluding hydrogens is 473 g/mol. The molecule has 0 saturated heterocycles. The summed E-state index contributed by atoms with van der Waals surface area (Å²) in [5.41, 5.74) is -0.912. The Morgan fingerprint density at radius 3 is 2.30 bits per heavy atom. The van der Waals surface area contributed by atoms with E-state index >= 15 is 0 Å². The molecule has 33 heavy (non-hydrogen) atoms. The third kappa shape index (κ3) is 8.39. The topological polar surface area (TPSA) is 125 Å². The molecule has 0 atom stereocenters. The molecule has 0 bridgehead atoms. The lowest BCUT2D eigenvalue weighted by Gasteiger charge is -2.35. The highest BCUT2D eigenvalue weighted by atomic mass is 32.2.